The average Bonchev–Trinajstić information content (AvgIpc) is 2.99. The maximum atomic E-state index is 13.5. The molecule has 0 radical (unpaired) electrons. The molecule has 31 heavy (non-hydrogen) atoms. The first-order valence-corrected chi connectivity index (χ1v) is 11.7. The number of piperidine rings is 1. The number of nitrogens with one attached hydrogen (secondary N) is 2. The van der Waals surface area contributed by atoms with Gasteiger partial charge in [-0.25, -0.2) is 21.9 Å². The van der Waals surface area contributed by atoms with Gasteiger partial charge in [0.25, 0.3) is 5.91 Å². The van der Waals surface area contributed by atoms with Crippen LogP contribution in [0.1, 0.15) is 12.8 Å². The van der Waals surface area contributed by atoms with Crippen LogP contribution in [0.15, 0.2) is 29.7 Å². The summed E-state index contributed by atoms with van der Waals surface area (Å²) in [5.41, 5.74) is 0.136. The molecule has 1 amide bonds. The number of rotatable bonds is 3. The van der Waals surface area contributed by atoms with Gasteiger partial charge < -0.3 is 19.9 Å². The maximum absolute atomic E-state index is 13.5. The molecular weight excluding hydrogens is 430 g/mol. The van der Waals surface area contributed by atoms with E-state index < -0.39 is 32.8 Å². The van der Waals surface area contributed by atoms with Gasteiger partial charge in [0.15, 0.2) is 16.9 Å². The van der Waals surface area contributed by atoms with Gasteiger partial charge in [-0.3, -0.25) is 4.79 Å². The summed E-state index contributed by atoms with van der Waals surface area (Å²) in [4.78, 5) is 16.6. The molecule has 11 heteroatoms. The van der Waals surface area contributed by atoms with E-state index in [9.17, 15) is 22.0 Å². The van der Waals surface area contributed by atoms with Gasteiger partial charge in [0.05, 0.1) is 6.04 Å². The predicted octanol–water partition coefficient (Wildman–Crippen LogP) is 1.09. The summed E-state index contributed by atoms with van der Waals surface area (Å²) < 4.78 is 61.5. The lowest BCUT2D eigenvalue weighted by molar-refractivity contribution is -0.114. The zero-order valence-electron chi connectivity index (χ0n) is 17.4. The number of likely N-dealkylation sites (N-methyl/N-ethyl adjacent to an activating group) is 1. The van der Waals surface area contributed by atoms with E-state index in [0.29, 0.717) is 0 Å². The summed E-state index contributed by atoms with van der Waals surface area (Å²) in [6, 6.07) is 2.65. The second-order valence-electron chi connectivity index (χ2n) is 8.39. The van der Waals surface area contributed by atoms with E-state index in [1.54, 1.807) is 7.05 Å². The Labute approximate surface area is 180 Å². The molecule has 0 saturated carbocycles. The number of benzene rings is 1. The van der Waals surface area contributed by atoms with Crippen molar-refractivity contribution in [2.75, 3.05) is 45.7 Å². The number of carbonyl (C=O) groups excluding carboxylic acids is 1. The number of anilines is 1. The maximum Gasteiger partial charge on any atom is 0.275 e. The summed E-state index contributed by atoms with van der Waals surface area (Å²) in [5, 5.41) is 1.48. The average molecular weight is 457 g/mol. The van der Waals surface area contributed by atoms with Crippen LogP contribution in [0.4, 0.5) is 14.5 Å². The molecule has 0 aliphatic carbocycles. The molecule has 3 aliphatic rings. The molecule has 4 rings (SSSR count). The van der Waals surface area contributed by atoms with Crippen molar-refractivity contribution >= 4 is 21.6 Å². The second-order valence-corrected chi connectivity index (χ2v) is 10.3. The first-order valence-electron chi connectivity index (χ1n) is 10.2. The minimum Gasteiger partial charge on any atom is -0.492 e. The van der Waals surface area contributed by atoms with Crippen molar-refractivity contribution in [3.8, 4) is 0 Å². The second kappa shape index (κ2) is 8.36. The number of sulfonamides is 1. The van der Waals surface area contributed by atoms with Crippen LogP contribution in [0.3, 0.4) is 0 Å². The largest absolute Gasteiger partial charge is 0.492 e. The SMILES string of the molecule is CN1CCC(C2COC3=C(C(=O)Nc4ccc(F)c(F)c4)N(C)C[C@H]3S(=O)(=O)N2)CC1. The zero-order valence-corrected chi connectivity index (χ0v) is 18.2. The van der Waals surface area contributed by atoms with Crippen LogP contribution >= 0.6 is 0 Å². The Kier molecular flexibility index (Phi) is 5.93. The van der Waals surface area contributed by atoms with Crippen molar-refractivity contribution < 1.29 is 26.7 Å². The molecule has 3 heterocycles. The lowest BCUT2D eigenvalue weighted by atomic mass is 9.90. The van der Waals surface area contributed by atoms with Crippen molar-refractivity contribution in [3.63, 3.8) is 0 Å². The summed E-state index contributed by atoms with van der Waals surface area (Å²) >= 11 is 0. The lowest BCUT2D eigenvalue weighted by Crippen LogP contribution is -2.48. The highest BCUT2D eigenvalue weighted by Gasteiger charge is 2.46. The minimum absolute atomic E-state index is 0.0608. The fraction of sp³-hybridized carbons (Fsp3) is 0.550. The van der Waals surface area contributed by atoms with Crippen LogP contribution in [0.25, 0.3) is 0 Å². The fourth-order valence-corrected chi connectivity index (χ4v) is 6.11. The van der Waals surface area contributed by atoms with Gasteiger partial charge in [-0.1, -0.05) is 0 Å². The van der Waals surface area contributed by atoms with Crippen molar-refractivity contribution in [3.05, 3.63) is 41.3 Å². The Morgan fingerprint density at radius 1 is 1.19 bits per heavy atom. The van der Waals surface area contributed by atoms with Crippen LogP contribution in [-0.4, -0.2) is 75.8 Å². The molecule has 0 spiro atoms. The van der Waals surface area contributed by atoms with Crippen molar-refractivity contribution in [1.29, 1.82) is 0 Å². The summed E-state index contributed by atoms with van der Waals surface area (Å²) in [5.74, 6) is -2.51. The van der Waals surface area contributed by atoms with Crippen molar-refractivity contribution in [2.45, 2.75) is 24.1 Å². The molecule has 3 aliphatic heterocycles. The highest BCUT2D eigenvalue weighted by atomic mass is 32.2. The number of amides is 1. The first-order chi connectivity index (χ1) is 14.7. The lowest BCUT2D eigenvalue weighted by Gasteiger charge is -2.33. The molecule has 0 aromatic heterocycles. The Bertz CT molecular complexity index is 1010. The third kappa shape index (κ3) is 4.39. The van der Waals surface area contributed by atoms with Crippen LogP contribution in [-0.2, 0) is 19.6 Å². The molecule has 1 aromatic rings. The Balaban J connectivity index is 1.58. The number of hydrogen-bond donors (Lipinski definition) is 2. The normalized spacial score (nSPS) is 26.9. The van der Waals surface area contributed by atoms with Gasteiger partial charge in [-0.15, -0.1) is 0 Å². The van der Waals surface area contributed by atoms with Crippen LogP contribution in [0.5, 0.6) is 0 Å². The van der Waals surface area contributed by atoms with E-state index in [4.69, 9.17) is 4.74 Å². The first kappa shape index (κ1) is 22.0. The van der Waals surface area contributed by atoms with Gasteiger partial charge >= 0.3 is 0 Å². The van der Waals surface area contributed by atoms with Crippen molar-refractivity contribution in [1.82, 2.24) is 14.5 Å². The van der Waals surface area contributed by atoms with E-state index >= 15 is 0 Å². The molecule has 170 valence electrons. The van der Waals surface area contributed by atoms with Gasteiger partial charge in [0.1, 0.15) is 18.1 Å². The summed E-state index contributed by atoms with van der Waals surface area (Å²) in [6.07, 6.45) is 1.72. The molecule has 2 atom stereocenters. The molecule has 1 aromatic carbocycles. The van der Waals surface area contributed by atoms with Gasteiger partial charge in [-0.2, -0.15) is 0 Å². The highest BCUT2D eigenvalue weighted by Crippen LogP contribution is 2.33. The van der Waals surface area contributed by atoms with Gasteiger partial charge in [-0.05, 0) is 51.0 Å². The van der Waals surface area contributed by atoms with E-state index in [0.717, 1.165) is 38.1 Å². The van der Waals surface area contributed by atoms with E-state index in [1.807, 2.05) is 7.05 Å². The van der Waals surface area contributed by atoms with Crippen molar-refractivity contribution in [2.24, 2.45) is 5.92 Å². The van der Waals surface area contributed by atoms with E-state index in [2.05, 4.69) is 14.9 Å². The summed E-state index contributed by atoms with van der Waals surface area (Å²) in [6.45, 7) is 1.97. The highest BCUT2D eigenvalue weighted by molar-refractivity contribution is 7.90. The molecule has 2 saturated heterocycles. The molecule has 8 nitrogen and oxygen atoms in total. The predicted molar refractivity (Wildman–Crippen MR) is 110 cm³/mol. The Hall–Kier alpha value is -2.24. The van der Waals surface area contributed by atoms with E-state index in [-0.39, 0.29) is 42.3 Å². The van der Waals surface area contributed by atoms with Gasteiger partial charge in [0, 0.05) is 25.3 Å². The van der Waals surface area contributed by atoms with E-state index in [1.165, 1.54) is 11.0 Å². The monoisotopic (exact) mass is 456 g/mol. The summed E-state index contributed by atoms with van der Waals surface area (Å²) in [7, 11) is -0.144. The molecule has 0 bridgehead atoms. The quantitative estimate of drug-likeness (QED) is 0.708. The Morgan fingerprint density at radius 3 is 2.58 bits per heavy atom. The number of ether oxygens (including phenoxy) is 1. The zero-order chi connectivity index (χ0) is 22.3. The number of likely N-dealkylation sites (tertiary alicyclic amines) is 1. The molecule has 1 unspecified atom stereocenters. The topological polar surface area (TPSA) is 91.0 Å². The number of carbonyl (C=O) groups is 1. The Morgan fingerprint density at radius 2 is 1.90 bits per heavy atom. The number of hydrogen-bond acceptors (Lipinski definition) is 6. The molecular formula is C20H26F2N4O4S. The molecule has 2 fully saturated rings. The number of nitrogens with zero attached hydrogens (tertiary/aromatic N) is 2. The smallest absolute Gasteiger partial charge is 0.275 e. The third-order valence-electron chi connectivity index (χ3n) is 6.18. The number of fused-ring (bicyclic) bond motifs is 1. The van der Waals surface area contributed by atoms with Crippen LogP contribution in [0.2, 0.25) is 0 Å². The standard InChI is InChI=1S/C20H26F2N4O4S/c1-25-7-5-12(6-8-25)16-11-30-19-17(31(28,29)24-16)10-26(2)18(19)20(27)23-13-3-4-14(21)15(22)9-13/h3-4,9,12,16-17,24H,5-8,10-11H2,1-2H3,(H,23,27)/t16?,17-/m1/s1. The minimum atomic E-state index is -3.77. The third-order valence-corrected chi connectivity index (χ3v) is 7.92. The van der Waals surface area contributed by atoms with Crippen LogP contribution in [0, 0.1) is 17.6 Å². The number of halogens is 2. The fourth-order valence-electron chi connectivity index (χ4n) is 4.38. The molecule has 2 N–H and O–H groups in total. The van der Waals surface area contributed by atoms with Crippen LogP contribution < -0.4 is 10.0 Å². The van der Waals surface area contributed by atoms with Gasteiger partial charge in [0.2, 0.25) is 10.0 Å².